The van der Waals surface area contributed by atoms with Crippen LogP contribution in [0.4, 0.5) is 11.6 Å². The Labute approximate surface area is 160 Å². The van der Waals surface area contributed by atoms with Crippen LogP contribution in [-0.2, 0) is 17.9 Å². The number of aromatic nitrogens is 5. The summed E-state index contributed by atoms with van der Waals surface area (Å²) in [5, 5.41) is 21.1. The number of aryl methyl sites for hydroxylation is 1. The van der Waals surface area contributed by atoms with Crippen molar-refractivity contribution in [2.45, 2.75) is 26.9 Å². The van der Waals surface area contributed by atoms with Crippen LogP contribution in [0.5, 0.6) is 0 Å². The Morgan fingerprint density at radius 2 is 2.19 bits per heavy atom. The quantitative estimate of drug-likeness (QED) is 0.505. The molecule has 4 aromatic heterocycles. The average molecular weight is 384 g/mol. The van der Waals surface area contributed by atoms with Crippen molar-refractivity contribution in [1.82, 2.24) is 24.3 Å². The lowest BCUT2D eigenvalue weighted by Gasteiger charge is -2.05. The first-order valence-electron chi connectivity index (χ1n) is 8.01. The van der Waals surface area contributed by atoms with E-state index in [0.717, 1.165) is 17.6 Å². The summed E-state index contributed by atoms with van der Waals surface area (Å²) in [5.74, 6) is -0.379. The van der Waals surface area contributed by atoms with Gasteiger partial charge >= 0.3 is 5.97 Å². The number of nitrogens with zero attached hydrogens (tertiary/aromatic N) is 5. The third-order valence-corrected chi connectivity index (χ3v) is 4.61. The number of carboxylic acids is 1. The average Bonchev–Trinajstić information content (AvgIpc) is 3.36. The predicted molar refractivity (Wildman–Crippen MR) is 105 cm³/mol. The molecule has 0 amide bonds. The molecule has 140 valence electrons. The molecule has 0 saturated heterocycles. The van der Waals surface area contributed by atoms with Gasteiger partial charge in [-0.15, -0.1) is 0 Å². The molecule has 4 aromatic rings. The Hall–Kier alpha value is -3.20. The Morgan fingerprint density at radius 1 is 1.30 bits per heavy atom. The van der Waals surface area contributed by atoms with Gasteiger partial charge in [-0.1, -0.05) is 7.43 Å². The summed E-state index contributed by atoms with van der Waals surface area (Å²) in [6, 6.07) is 4.10. The lowest BCUT2D eigenvalue weighted by Crippen LogP contribution is -2.04. The SMILES string of the molecule is C.O=C(O)CCn1cc(Nc2ncc3ccn(Cc4ccsc4)c3n2)cn1. The number of carbonyl (C=O) groups is 1. The first-order chi connectivity index (χ1) is 12.7. The summed E-state index contributed by atoms with van der Waals surface area (Å²) >= 11 is 1.68. The molecule has 0 aliphatic carbocycles. The molecule has 0 aliphatic heterocycles. The fourth-order valence-electron chi connectivity index (χ4n) is 2.63. The topological polar surface area (TPSA) is 97.9 Å². The molecular formula is C18H20N6O2S. The summed E-state index contributed by atoms with van der Waals surface area (Å²) in [6.07, 6.45) is 7.18. The van der Waals surface area contributed by atoms with E-state index in [1.165, 1.54) is 5.56 Å². The number of aliphatic carboxylic acids is 1. The standard InChI is InChI=1S/C17H16N6O2S.CH4/c24-15(25)2-5-23-10-14(8-19-23)20-17-18-7-13-1-4-22(16(13)21-17)9-12-3-6-26-11-12;/h1,3-4,6-8,10-11H,2,5,9H2,(H,24,25)(H,18,20,21);1H4. The smallest absolute Gasteiger partial charge is 0.305 e. The van der Waals surface area contributed by atoms with E-state index in [-0.39, 0.29) is 13.8 Å². The lowest BCUT2D eigenvalue weighted by atomic mass is 10.3. The molecule has 0 radical (unpaired) electrons. The Bertz CT molecular complexity index is 1040. The number of hydrogen-bond acceptors (Lipinski definition) is 6. The van der Waals surface area contributed by atoms with Crippen LogP contribution in [-0.4, -0.2) is 35.4 Å². The van der Waals surface area contributed by atoms with Crippen LogP contribution in [0.3, 0.4) is 0 Å². The number of rotatable bonds is 7. The Morgan fingerprint density at radius 3 is 2.96 bits per heavy atom. The molecular weight excluding hydrogens is 364 g/mol. The van der Waals surface area contributed by atoms with Gasteiger partial charge in [0, 0.05) is 30.5 Å². The molecule has 0 aromatic carbocycles. The van der Waals surface area contributed by atoms with Gasteiger partial charge in [0.1, 0.15) is 5.65 Å². The van der Waals surface area contributed by atoms with Gasteiger partial charge in [0.05, 0.1) is 24.8 Å². The van der Waals surface area contributed by atoms with Gasteiger partial charge in [-0.3, -0.25) is 9.48 Å². The molecule has 27 heavy (non-hydrogen) atoms. The van der Waals surface area contributed by atoms with Gasteiger partial charge in [-0.05, 0) is 28.5 Å². The minimum atomic E-state index is -0.852. The van der Waals surface area contributed by atoms with E-state index < -0.39 is 5.97 Å². The number of thiophene rings is 1. The second-order valence-electron chi connectivity index (χ2n) is 5.81. The van der Waals surface area contributed by atoms with E-state index in [1.54, 1.807) is 34.6 Å². The Balaban J connectivity index is 0.00000210. The fourth-order valence-corrected chi connectivity index (χ4v) is 3.29. The number of fused-ring (bicyclic) bond motifs is 1. The third kappa shape index (κ3) is 4.32. The zero-order chi connectivity index (χ0) is 17.9. The van der Waals surface area contributed by atoms with Gasteiger partial charge in [0.15, 0.2) is 0 Å². The fraction of sp³-hybridized carbons (Fsp3) is 0.222. The van der Waals surface area contributed by atoms with E-state index in [2.05, 4.69) is 41.8 Å². The molecule has 0 unspecified atom stereocenters. The zero-order valence-corrected chi connectivity index (χ0v) is 14.6. The van der Waals surface area contributed by atoms with E-state index in [4.69, 9.17) is 5.11 Å². The van der Waals surface area contributed by atoms with Gasteiger partial charge < -0.3 is 15.0 Å². The lowest BCUT2D eigenvalue weighted by molar-refractivity contribution is -0.137. The zero-order valence-electron chi connectivity index (χ0n) is 13.7. The minimum absolute atomic E-state index is 0. The monoisotopic (exact) mass is 384 g/mol. The first kappa shape index (κ1) is 18.6. The summed E-state index contributed by atoms with van der Waals surface area (Å²) in [4.78, 5) is 19.6. The number of anilines is 2. The summed E-state index contributed by atoms with van der Waals surface area (Å²) in [6.45, 7) is 1.08. The summed E-state index contributed by atoms with van der Waals surface area (Å²) in [5.41, 5.74) is 2.80. The molecule has 4 heterocycles. The second kappa shape index (κ2) is 8.00. The minimum Gasteiger partial charge on any atom is -0.481 e. The van der Waals surface area contributed by atoms with Crippen molar-refractivity contribution >= 4 is 40.0 Å². The summed E-state index contributed by atoms with van der Waals surface area (Å²) < 4.78 is 3.66. The van der Waals surface area contributed by atoms with E-state index in [9.17, 15) is 4.79 Å². The van der Waals surface area contributed by atoms with E-state index >= 15 is 0 Å². The van der Waals surface area contributed by atoms with Crippen LogP contribution < -0.4 is 5.32 Å². The third-order valence-electron chi connectivity index (χ3n) is 3.88. The maximum atomic E-state index is 10.6. The highest BCUT2D eigenvalue weighted by Gasteiger charge is 2.08. The maximum Gasteiger partial charge on any atom is 0.305 e. The molecule has 0 atom stereocenters. The number of carboxylic acid groups (broad SMARTS) is 1. The molecule has 9 heteroatoms. The number of hydrogen-bond donors (Lipinski definition) is 2. The van der Waals surface area contributed by atoms with Gasteiger partial charge in [0.2, 0.25) is 5.95 Å². The molecule has 0 aliphatic rings. The molecule has 8 nitrogen and oxygen atoms in total. The molecule has 0 saturated carbocycles. The van der Waals surface area contributed by atoms with Gasteiger partial charge in [-0.2, -0.15) is 21.4 Å². The van der Waals surface area contributed by atoms with Crippen LogP contribution in [0.25, 0.3) is 11.0 Å². The van der Waals surface area contributed by atoms with Crippen molar-refractivity contribution in [2.24, 2.45) is 0 Å². The normalized spacial score (nSPS) is 10.7. The van der Waals surface area contributed by atoms with Crippen molar-refractivity contribution in [3.63, 3.8) is 0 Å². The van der Waals surface area contributed by atoms with Gasteiger partial charge in [0.25, 0.3) is 0 Å². The highest BCUT2D eigenvalue weighted by atomic mass is 32.1. The second-order valence-corrected chi connectivity index (χ2v) is 6.59. The largest absolute Gasteiger partial charge is 0.481 e. The Kier molecular flexibility index (Phi) is 5.51. The van der Waals surface area contributed by atoms with Crippen molar-refractivity contribution in [1.29, 1.82) is 0 Å². The molecule has 0 fully saturated rings. The van der Waals surface area contributed by atoms with E-state index in [1.807, 2.05) is 12.3 Å². The first-order valence-corrected chi connectivity index (χ1v) is 8.96. The van der Waals surface area contributed by atoms with E-state index in [0.29, 0.717) is 18.2 Å². The van der Waals surface area contributed by atoms with Crippen molar-refractivity contribution in [2.75, 3.05) is 5.32 Å². The predicted octanol–water partition coefficient (Wildman–Crippen LogP) is 3.59. The highest BCUT2D eigenvalue weighted by Crippen LogP contribution is 2.19. The van der Waals surface area contributed by atoms with Crippen LogP contribution in [0.15, 0.2) is 47.7 Å². The molecule has 4 rings (SSSR count). The molecule has 0 bridgehead atoms. The maximum absolute atomic E-state index is 10.6. The van der Waals surface area contributed by atoms with Crippen molar-refractivity contribution < 1.29 is 9.90 Å². The van der Waals surface area contributed by atoms with Crippen LogP contribution in [0, 0.1) is 0 Å². The van der Waals surface area contributed by atoms with Crippen LogP contribution in [0.1, 0.15) is 19.4 Å². The highest BCUT2D eigenvalue weighted by molar-refractivity contribution is 7.07. The van der Waals surface area contributed by atoms with Crippen molar-refractivity contribution in [3.8, 4) is 0 Å². The summed E-state index contributed by atoms with van der Waals surface area (Å²) in [7, 11) is 0. The van der Waals surface area contributed by atoms with Crippen LogP contribution in [0.2, 0.25) is 0 Å². The number of nitrogens with one attached hydrogen (secondary N) is 1. The van der Waals surface area contributed by atoms with Crippen LogP contribution >= 0.6 is 11.3 Å². The molecule has 2 N–H and O–H groups in total. The van der Waals surface area contributed by atoms with Crippen molar-refractivity contribution in [3.05, 3.63) is 53.2 Å². The van der Waals surface area contributed by atoms with Gasteiger partial charge in [-0.25, -0.2) is 4.98 Å². The molecule has 0 spiro atoms.